The second kappa shape index (κ2) is 12.3. The number of nitrogens with zero attached hydrogens (tertiary/aromatic N) is 3. The molecule has 0 aliphatic carbocycles. The molecule has 200 valence electrons. The van der Waals surface area contributed by atoms with E-state index in [1.807, 2.05) is 24.3 Å². The number of nitro benzene ring substituents is 1. The molecule has 0 aliphatic rings. The minimum absolute atomic E-state index is 0.0417. The van der Waals surface area contributed by atoms with Gasteiger partial charge in [0.05, 0.1) is 15.6 Å². The molecule has 0 aliphatic heterocycles. The maximum atomic E-state index is 12.4. The first-order valence-corrected chi connectivity index (χ1v) is 12.6. The van der Waals surface area contributed by atoms with Gasteiger partial charge in [0.15, 0.2) is 5.76 Å². The third-order valence-electron chi connectivity index (χ3n) is 5.60. The lowest BCUT2D eigenvalue weighted by Gasteiger charge is -2.10. The molecule has 4 rings (SSSR count). The molecule has 0 radical (unpaired) electrons. The van der Waals surface area contributed by atoms with Crippen molar-refractivity contribution in [1.82, 2.24) is 9.99 Å². The Labute approximate surface area is 232 Å². The van der Waals surface area contributed by atoms with Gasteiger partial charge in [-0.15, -0.1) is 0 Å². The van der Waals surface area contributed by atoms with Crippen molar-refractivity contribution in [3.8, 4) is 17.2 Å². The molecule has 2 aromatic heterocycles. The van der Waals surface area contributed by atoms with Crippen molar-refractivity contribution in [3.63, 3.8) is 0 Å². The van der Waals surface area contributed by atoms with Crippen molar-refractivity contribution in [1.29, 1.82) is 0 Å². The van der Waals surface area contributed by atoms with E-state index in [1.54, 1.807) is 12.1 Å². The molecule has 11 heteroatoms. The van der Waals surface area contributed by atoms with Crippen LogP contribution < -0.4 is 14.9 Å². The average Bonchev–Trinajstić information content (AvgIpc) is 3.53. The van der Waals surface area contributed by atoms with Crippen LogP contribution in [0.2, 0.25) is 0 Å². The van der Waals surface area contributed by atoms with Gasteiger partial charge in [-0.2, -0.15) is 5.10 Å². The molecular formula is C28H25BrN4O6. The van der Waals surface area contributed by atoms with Crippen LogP contribution in [0.15, 0.2) is 87.3 Å². The Morgan fingerprint density at radius 3 is 2.51 bits per heavy atom. The number of rotatable bonds is 11. The number of ether oxygens (including phenoxy) is 2. The summed E-state index contributed by atoms with van der Waals surface area (Å²) in [5.74, 6) is 0.654. The molecule has 4 aromatic rings. The Morgan fingerprint density at radius 1 is 1.13 bits per heavy atom. The third-order valence-corrected chi connectivity index (χ3v) is 6.19. The molecule has 2 aromatic carbocycles. The fourth-order valence-electron chi connectivity index (χ4n) is 3.81. The van der Waals surface area contributed by atoms with E-state index in [0.717, 1.165) is 17.1 Å². The molecule has 0 saturated heterocycles. The van der Waals surface area contributed by atoms with Crippen molar-refractivity contribution < 1.29 is 23.6 Å². The number of halogens is 1. The van der Waals surface area contributed by atoms with Crippen LogP contribution in [-0.2, 0) is 6.61 Å². The van der Waals surface area contributed by atoms with Crippen molar-refractivity contribution >= 4 is 33.7 Å². The summed E-state index contributed by atoms with van der Waals surface area (Å²) in [4.78, 5) is 23.3. The molecule has 0 unspecified atom stereocenters. The summed E-state index contributed by atoms with van der Waals surface area (Å²) in [5, 5.41) is 15.3. The zero-order chi connectivity index (χ0) is 27.9. The zero-order valence-electron chi connectivity index (χ0n) is 21.2. The van der Waals surface area contributed by atoms with E-state index in [4.69, 9.17) is 13.9 Å². The number of nitro groups is 1. The molecule has 10 nitrogen and oxygen atoms in total. The summed E-state index contributed by atoms with van der Waals surface area (Å²) in [6, 6.07) is 17.9. The van der Waals surface area contributed by atoms with Crippen LogP contribution in [-0.4, -0.2) is 28.2 Å². The van der Waals surface area contributed by atoms with Gasteiger partial charge in [0, 0.05) is 28.7 Å². The van der Waals surface area contributed by atoms with Gasteiger partial charge in [-0.25, -0.2) is 5.43 Å². The predicted octanol–water partition coefficient (Wildman–Crippen LogP) is 6.27. The fourth-order valence-corrected chi connectivity index (χ4v) is 4.40. The lowest BCUT2D eigenvalue weighted by Crippen LogP contribution is -2.16. The topological polar surface area (TPSA) is 121 Å². The Balaban J connectivity index is 1.34. The predicted molar refractivity (Wildman–Crippen MR) is 150 cm³/mol. The molecule has 0 atom stereocenters. The number of hydrogen-bond acceptors (Lipinski definition) is 7. The highest BCUT2D eigenvalue weighted by atomic mass is 79.9. The van der Waals surface area contributed by atoms with Crippen LogP contribution in [0.3, 0.4) is 0 Å². The van der Waals surface area contributed by atoms with Gasteiger partial charge in [-0.1, -0.05) is 12.7 Å². The monoisotopic (exact) mass is 592 g/mol. The first-order valence-electron chi connectivity index (χ1n) is 11.8. The van der Waals surface area contributed by atoms with Crippen LogP contribution in [0, 0.1) is 24.0 Å². The molecule has 0 saturated carbocycles. The van der Waals surface area contributed by atoms with E-state index in [2.05, 4.69) is 63.6 Å². The van der Waals surface area contributed by atoms with Crippen LogP contribution in [0.25, 0.3) is 5.69 Å². The average molecular weight is 593 g/mol. The van der Waals surface area contributed by atoms with E-state index in [9.17, 15) is 14.9 Å². The number of aryl methyl sites for hydroxylation is 2. The summed E-state index contributed by atoms with van der Waals surface area (Å²) in [6.45, 7) is 7.88. The van der Waals surface area contributed by atoms with Gasteiger partial charge in [0.1, 0.15) is 24.7 Å². The third kappa shape index (κ3) is 6.63. The van der Waals surface area contributed by atoms with Crippen LogP contribution in [0.1, 0.15) is 33.3 Å². The van der Waals surface area contributed by atoms with E-state index in [0.29, 0.717) is 21.5 Å². The molecule has 0 fully saturated rings. The number of benzene rings is 2. The largest absolute Gasteiger partial charge is 0.486 e. The number of furan rings is 1. The summed E-state index contributed by atoms with van der Waals surface area (Å²) >= 11 is 3.27. The van der Waals surface area contributed by atoms with Crippen LogP contribution in [0.4, 0.5) is 5.69 Å². The van der Waals surface area contributed by atoms with E-state index in [1.165, 1.54) is 24.4 Å². The van der Waals surface area contributed by atoms with E-state index in [-0.39, 0.29) is 30.4 Å². The van der Waals surface area contributed by atoms with Gasteiger partial charge in [0.25, 0.3) is 0 Å². The molecule has 39 heavy (non-hydrogen) atoms. The second-order valence-electron chi connectivity index (χ2n) is 8.41. The molecule has 2 heterocycles. The Bertz CT molecular complexity index is 1520. The Kier molecular flexibility index (Phi) is 8.62. The SMILES string of the molecule is C=CCOc1c(Br)cc(/C=N/NC(=O)c2ccc(COc3ccc(-n4c(C)ccc4C)cc3)o2)cc1[N+](=O)[O-]. The Morgan fingerprint density at radius 2 is 1.85 bits per heavy atom. The van der Waals surface area contributed by atoms with Gasteiger partial charge < -0.3 is 18.5 Å². The summed E-state index contributed by atoms with van der Waals surface area (Å²) in [5.41, 5.74) is 5.80. The molecular weight excluding hydrogens is 568 g/mol. The smallest absolute Gasteiger partial charge is 0.312 e. The number of aromatic nitrogens is 1. The summed E-state index contributed by atoms with van der Waals surface area (Å²) < 4.78 is 19.3. The highest BCUT2D eigenvalue weighted by Gasteiger charge is 2.20. The van der Waals surface area contributed by atoms with Gasteiger partial charge in [-0.3, -0.25) is 14.9 Å². The highest BCUT2D eigenvalue weighted by Crippen LogP contribution is 2.36. The summed E-state index contributed by atoms with van der Waals surface area (Å²) in [6.07, 6.45) is 2.76. The first kappa shape index (κ1) is 27.4. The van der Waals surface area contributed by atoms with Crippen molar-refractivity contribution in [3.05, 3.63) is 116 Å². The first-order chi connectivity index (χ1) is 18.8. The van der Waals surface area contributed by atoms with Crippen molar-refractivity contribution in [2.24, 2.45) is 5.10 Å². The quantitative estimate of drug-likeness (QED) is 0.0948. The number of amides is 1. The molecule has 0 spiro atoms. The lowest BCUT2D eigenvalue weighted by molar-refractivity contribution is -0.385. The Hall–Kier alpha value is -4.64. The van der Waals surface area contributed by atoms with Gasteiger partial charge in [-0.05, 0) is 84.4 Å². The molecule has 1 N–H and O–H groups in total. The van der Waals surface area contributed by atoms with Gasteiger partial charge >= 0.3 is 11.6 Å². The minimum atomic E-state index is -0.584. The van der Waals surface area contributed by atoms with E-state index >= 15 is 0 Å². The maximum Gasteiger partial charge on any atom is 0.312 e. The zero-order valence-corrected chi connectivity index (χ0v) is 22.8. The van der Waals surface area contributed by atoms with Crippen molar-refractivity contribution in [2.45, 2.75) is 20.5 Å². The number of carbonyl (C=O) groups excluding carboxylic acids is 1. The van der Waals surface area contributed by atoms with Crippen molar-refractivity contribution in [2.75, 3.05) is 6.61 Å². The van der Waals surface area contributed by atoms with Crippen LogP contribution >= 0.6 is 15.9 Å². The highest BCUT2D eigenvalue weighted by molar-refractivity contribution is 9.10. The normalized spacial score (nSPS) is 10.9. The molecule has 0 bridgehead atoms. The van der Waals surface area contributed by atoms with E-state index < -0.39 is 10.8 Å². The number of hydrazone groups is 1. The number of hydrogen-bond donors (Lipinski definition) is 1. The maximum absolute atomic E-state index is 12.4. The minimum Gasteiger partial charge on any atom is -0.486 e. The number of nitrogens with one attached hydrogen (secondary N) is 1. The van der Waals surface area contributed by atoms with Gasteiger partial charge in [0.2, 0.25) is 5.75 Å². The lowest BCUT2D eigenvalue weighted by atomic mass is 10.2. The molecule has 1 amide bonds. The number of carbonyl (C=O) groups is 1. The summed E-state index contributed by atoms with van der Waals surface area (Å²) in [7, 11) is 0. The fraction of sp³-hybridized carbons (Fsp3) is 0.143. The standard InChI is InChI=1S/C28H25BrN4O6/c1-4-13-37-27-24(29)14-20(15-25(27)33(35)36)16-30-31-28(34)26-12-11-23(39-26)17-38-22-9-7-21(8-10-22)32-18(2)5-6-19(32)3/h4-12,14-16H,1,13,17H2,2-3H3,(H,31,34)/b30-16+. The van der Waals surface area contributed by atoms with Crippen LogP contribution in [0.5, 0.6) is 11.5 Å². The second-order valence-corrected chi connectivity index (χ2v) is 9.26.